The van der Waals surface area contributed by atoms with Gasteiger partial charge in [0.2, 0.25) is 0 Å². The minimum Gasteiger partial charge on any atom is -0.244 e. The van der Waals surface area contributed by atoms with Crippen molar-refractivity contribution >= 4 is 34.8 Å². The first-order chi connectivity index (χ1) is 8.61. The summed E-state index contributed by atoms with van der Waals surface area (Å²) in [6.45, 7) is 0. The van der Waals surface area contributed by atoms with Gasteiger partial charge in [0.05, 0.1) is 12.5 Å². The van der Waals surface area contributed by atoms with Gasteiger partial charge in [0.1, 0.15) is 5.15 Å². The van der Waals surface area contributed by atoms with Gasteiger partial charge in [-0.3, -0.25) is 0 Å². The van der Waals surface area contributed by atoms with Crippen molar-refractivity contribution in [2.45, 2.75) is 6.42 Å². The molecule has 0 saturated carbocycles. The van der Waals surface area contributed by atoms with Gasteiger partial charge in [-0.1, -0.05) is 34.8 Å². The normalized spacial score (nSPS) is 10.1. The molecule has 0 N–H and O–H groups in total. The Balaban J connectivity index is 2.63. The predicted molar refractivity (Wildman–Crippen MR) is 74.0 cm³/mol. The highest BCUT2D eigenvalue weighted by Gasteiger charge is 2.10. The molecule has 2 nitrogen and oxygen atoms in total. The monoisotopic (exact) mass is 296 g/mol. The number of nitriles is 1. The van der Waals surface area contributed by atoms with Gasteiger partial charge in [-0.05, 0) is 29.8 Å². The van der Waals surface area contributed by atoms with Gasteiger partial charge in [-0.2, -0.15) is 5.26 Å². The molecule has 1 aromatic heterocycles. The average molecular weight is 298 g/mol. The van der Waals surface area contributed by atoms with E-state index in [1.807, 2.05) is 0 Å². The lowest BCUT2D eigenvalue weighted by Gasteiger charge is -2.09. The van der Waals surface area contributed by atoms with Crippen LogP contribution in [0.3, 0.4) is 0 Å². The molecule has 2 aromatic rings. The Kier molecular flexibility index (Phi) is 4.08. The second-order valence-electron chi connectivity index (χ2n) is 3.62. The fourth-order valence-electron chi connectivity index (χ4n) is 1.65. The SMILES string of the molecule is N#CCc1cc(Cl)ncc1-c1cc(Cl)ccc1Cl. The highest BCUT2D eigenvalue weighted by atomic mass is 35.5. The molecule has 0 saturated heterocycles. The van der Waals surface area contributed by atoms with Crippen molar-refractivity contribution in [3.05, 3.63) is 51.2 Å². The third kappa shape index (κ3) is 2.76. The Morgan fingerprint density at radius 2 is 1.89 bits per heavy atom. The lowest BCUT2D eigenvalue weighted by molar-refractivity contribution is 1.21. The van der Waals surface area contributed by atoms with Crippen LogP contribution in [0.5, 0.6) is 0 Å². The zero-order valence-electron chi connectivity index (χ0n) is 9.12. The molecular formula is C13H7Cl3N2. The zero-order chi connectivity index (χ0) is 13.1. The molecule has 0 aliphatic carbocycles. The van der Waals surface area contributed by atoms with Gasteiger partial charge in [-0.25, -0.2) is 4.98 Å². The Morgan fingerprint density at radius 3 is 2.61 bits per heavy atom. The minimum atomic E-state index is 0.237. The van der Waals surface area contributed by atoms with Gasteiger partial charge < -0.3 is 0 Å². The summed E-state index contributed by atoms with van der Waals surface area (Å²) in [5, 5.41) is 10.3. The summed E-state index contributed by atoms with van der Waals surface area (Å²) in [6.07, 6.45) is 1.84. The summed E-state index contributed by atoms with van der Waals surface area (Å²) in [4.78, 5) is 4.02. The number of aromatic nitrogens is 1. The Hall–Kier alpha value is -1.27. The molecule has 1 heterocycles. The molecule has 0 radical (unpaired) electrons. The van der Waals surface area contributed by atoms with Crippen molar-refractivity contribution in [1.29, 1.82) is 5.26 Å². The molecule has 2 rings (SSSR count). The molecule has 0 bridgehead atoms. The number of rotatable bonds is 2. The maximum absolute atomic E-state index is 8.83. The van der Waals surface area contributed by atoms with E-state index in [2.05, 4.69) is 11.1 Å². The molecule has 18 heavy (non-hydrogen) atoms. The maximum atomic E-state index is 8.83. The van der Waals surface area contributed by atoms with Crippen LogP contribution in [-0.2, 0) is 6.42 Å². The molecule has 5 heteroatoms. The first-order valence-electron chi connectivity index (χ1n) is 5.08. The van der Waals surface area contributed by atoms with Crippen LogP contribution < -0.4 is 0 Å². The third-order valence-electron chi connectivity index (χ3n) is 2.44. The van der Waals surface area contributed by atoms with Crippen molar-refractivity contribution < 1.29 is 0 Å². The molecular weight excluding hydrogens is 291 g/mol. The smallest absolute Gasteiger partial charge is 0.129 e. The third-order valence-corrected chi connectivity index (χ3v) is 3.22. The second kappa shape index (κ2) is 5.58. The summed E-state index contributed by atoms with van der Waals surface area (Å²) in [6, 6.07) is 8.92. The maximum Gasteiger partial charge on any atom is 0.129 e. The van der Waals surface area contributed by atoms with Crippen LogP contribution in [0.4, 0.5) is 0 Å². The second-order valence-corrected chi connectivity index (χ2v) is 4.85. The van der Waals surface area contributed by atoms with Crippen LogP contribution in [0.2, 0.25) is 15.2 Å². The summed E-state index contributed by atoms with van der Waals surface area (Å²) in [5.74, 6) is 0. The topological polar surface area (TPSA) is 36.7 Å². The summed E-state index contributed by atoms with van der Waals surface area (Å²) in [7, 11) is 0. The van der Waals surface area contributed by atoms with Crippen LogP contribution >= 0.6 is 34.8 Å². The molecule has 0 spiro atoms. The number of hydrogen-bond acceptors (Lipinski definition) is 2. The first-order valence-corrected chi connectivity index (χ1v) is 6.22. The molecule has 0 fully saturated rings. The molecule has 0 atom stereocenters. The Labute approximate surface area is 120 Å². The van der Waals surface area contributed by atoms with Crippen molar-refractivity contribution in [3.8, 4) is 17.2 Å². The number of hydrogen-bond donors (Lipinski definition) is 0. The van der Waals surface area contributed by atoms with Gasteiger partial charge >= 0.3 is 0 Å². The highest BCUT2D eigenvalue weighted by molar-refractivity contribution is 6.35. The zero-order valence-corrected chi connectivity index (χ0v) is 11.4. The van der Waals surface area contributed by atoms with E-state index in [1.165, 1.54) is 0 Å². The minimum absolute atomic E-state index is 0.237. The summed E-state index contributed by atoms with van der Waals surface area (Å²) >= 11 is 17.9. The molecule has 1 aromatic carbocycles. The Morgan fingerprint density at radius 1 is 1.11 bits per heavy atom. The molecule has 0 aliphatic rings. The van der Waals surface area contributed by atoms with Gasteiger partial charge in [0.15, 0.2) is 0 Å². The molecule has 90 valence electrons. The summed E-state index contributed by atoms with van der Waals surface area (Å²) in [5.41, 5.74) is 2.30. The van der Waals surface area contributed by atoms with Gasteiger partial charge in [0, 0.05) is 27.4 Å². The van der Waals surface area contributed by atoms with E-state index >= 15 is 0 Å². The lowest BCUT2D eigenvalue weighted by Crippen LogP contribution is -1.92. The standard InChI is InChI=1S/C13H7Cl3N2/c14-9-1-2-12(15)10(6-9)11-7-18-13(16)5-8(11)3-4-17/h1-2,5-7H,3H2. The van der Waals surface area contributed by atoms with E-state index in [1.54, 1.807) is 30.5 Å². The fraction of sp³-hybridized carbons (Fsp3) is 0.0769. The quantitative estimate of drug-likeness (QED) is 0.748. The van der Waals surface area contributed by atoms with Crippen molar-refractivity contribution in [2.75, 3.05) is 0 Å². The average Bonchev–Trinajstić information content (AvgIpc) is 2.33. The number of halogens is 3. The van der Waals surface area contributed by atoms with Crippen LogP contribution in [-0.4, -0.2) is 4.98 Å². The van der Waals surface area contributed by atoms with E-state index in [0.717, 1.165) is 16.7 Å². The van der Waals surface area contributed by atoms with E-state index in [9.17, 15) is 0 Å². The predicted octanol–water partition coefficient (Wildman–Crippen LogP) is 4.77. The molecule has 0 aliphatic heterocycles. The van der Waals surface area contributed by atoms with E-state index in [-0.39, 0.29) is 6.42 Å². The van der Waals surface area contributed by atoms with Crippen LogP contribution in [0, 0.1) is 11.3 Å². The largest absolute Gasteiger partial charge is 0.244 e. The van der Waals surface area contributed by atoms with Crippen LogP contribution in [0.1, 0.15) is 5.56 Å². The Bertz CT molecular complexity index is 633. The van der Waals surface area contributed by atoms with Gasteiger partial charge in [0.25, 0.3) is 0 Å². The van der Waals surface area contributed by atoms with E-state index < -0.39 is 0 Å². The number of pyridine rings is 1. The van der Waals surface area contributed by atoms with Crippen LogP contribution in [0.15, 0.2) is 30.5 Å². The fourth-order valence-corrected chi connectivity index (χ4v) is 2.22. The highest BCUT2D eigenvalue weighted by Crippen LogP contribution is 2.33. The van der Waals surface area contributed by atoms with Crippen LogP contribution in [0.25, 0.3) is 11.1 Å². The number of benzene rings is 1. The lowest BCUT2D eigenvalue weighted by atomic mass is 10.0. The van der Waals surface area contributed by atoms with E-state index in [0.29, 0.717) is 15.2 Å². The van der Waals surface area contributed by atoms with E-state index in [4.69, 9.17) is 40.1 Å². The van der Waals surface area contributed by atoms with Crippen molar-refractivity contribution in [1.82, 2.24) is 4.98 Å². The summed E-state index contributed by atoms with van der Waals surface area (Å²) < 4.78 is 0. The van der Waals surface area contributed by atoms with Crippen molar-refractivity contribution in [2.24, 2.45) is 0 Å². The van der Waals surface area contributed by atoms with Crippen molar-refractivity contribution in [3.63, 3.8) is 0 Å². The number of nitrogens with zero attached hydrogens (tertiary/aromatic N) is 2. The first kappa shape index (κ1) is 13.2. The van der Waals surface area contributed by atoms with Gasteiger partial charge in [-0.15, -0.1) is 0 Å². The molecule has 0 amide bonds. The molecule has 0 unspecified atom stereocenters.